The Morgan fingerprint density at radius 3 is 2.55 bits per heavy atom. The minimum Gasteiger partial charge on any atom is -0.357 e. The van der Waals surface area contributed by atoms with E-state index in [0.29, 0.717) is 11.4 Å². The van der Waals surface area contributed by atoms with Crippen molar-refractivity contribution in [2.75, 3.05) is 13.1 Å². The Kier molecular flexibility index (Phi) is 9.31. The van der Waals surface area contributed by atoms with E-state index in [0.717, 1.165) is 48.9 Å². The van der Waals surface area contributed by atoms with E-state index in [9.17, 15) is 8.42 Å². The fourth-order valence-corrected chi connectivity index (χ4v) is 4.67. The Balaban J connectivity index is 0.00000300. The Morgan fingerprint density at radius 2 is 1.97 bits per heavy atom. The summed E-state index contributed by atoms with van der Waals surface area (Å²) in [5, 5.41) is 7.65. The molecular formula is C19H28IN5O2S2. The number of hydrogen-bond donors (Lipinski definition) is 3. The molecule has 1 aliphatic carbocycles. The van der Waals surface area contributed by atoms with Crippen LogP contribution in [-0.4, -0.2) is 38.5 Å². The number of thiazole rings is 1. The maximum absolute atomic E-state index is 12.2. The lowest BCUT2D eigenvalue weighted by atomic mass is 10.2. The number of guanidine groups is 1. The van der Waals surface area contributed by atoms with Crippen LogP contribution in [0.15, 0.2) is 40.4 Å². The average Bonchev–Trinajstić information content (AvgIpc) is 3.37. The van der Waals surface area contributed by atoms with Crippen LogP contribution in [0.3, 0.4) is 0 Å². The topological polar surface area (TPSA) is 95.5 Å². The highest BCUT2D eigenvalue weighted by molar-refractivity contribution is 14.0. The van der Waals surface area contributed by atoms with Gasteiger partial charge in [0.2, 0.25) is 10.0 Å². The Labute approximate surface area is 193 Å². The molecule has 1 saturated carbocycles. The molecule has 3 N–H and O–H groups in total. The molecule has 0 radical (unpaired) electrons. The first-order chi connectivity index (χ1) is 13.5. The second-order valence-corrected chi connectivity index (χ2v) is 9.81. The third kappa shape index (κ3) is 7.83. The maximum atomic E-state index is 12.2. The van der Waals surface area contributed by atoms with Crippen LogP contribution in [0.2, 0.25) is 0 Å². The van der Waals surface area contributed by atoms with Crippen molar-refractivity contribution in [3.05, 3.63) is 45.9 Å². The molecule has 2 aromatic rings. The number of halogens is 1. The van der Waals surface area contributed by atoms with Gasteiger partial charge < -0.3 is 10.6 Å². The predicted molar refractivity (Wildman–Crippen MR) is 129 cm³/mol. The van der Waals surface area contributed by atoms with Crippen LogP contribution in [0.1, 0.15) is 35.2 Å². The summed E-state index contributed by atoms with van der Waals surface area (Å²) in [6, 6.07) is 7.01. The van der Waals surface area contributed by atoms with Gasteiger partial charge in [0.15, 0.2) is 5.96 Å². The average molecular weight is 550 g/mol. The summed E-state index contributed by atoms with van der Waals surface area (Å²) in [7, 11) is -3.41. The van der Waals surface area contributed by atoms with Crippen molar-refractivity contribution in [3.63, 3.8) is 0 Å². The third-order valence-electron chi connectivity index (χ3n) is 4.20. The van der Waals surface area contributed by atoms with Gasteiger partial charge in [-0.25, -0.2) is 23.1 Å². The number of benzene rings is 1. The van der Waals surface area contributed by atoms with Gasteiger partial charge in [-0.3, -0.25) is 0 Å². The van der Waals surface area contributed by atoms with Crippen LogP contribution >= 0.6 is 35.3 Å². The lowest BCUT2D eigenvalue weighted by Crippen LogP contribution is -2.38. The highest BCUT2D eigenvalue weighted by Crippen LogP contribution is 2.22. The Morgan fingerprint density at radius 1 is 1.24 bits per heavy atom. The van der Waals surface area contributed by atoms with Gasteiger partial charge in [-0.1, -0.05) is 12.1 Å². The van der Waals surface area contributed by atoms with E-state index in [1.54, 1.807) is 23.5 Å². The van der Waals surface area contributed by atoms with Crippen LogP contribution in [0, 0.1) is 6.92 Å². The van der Waals surface area contributed by atoms with Gasteiger partial charge >= 0.3 is 0 Å². The van der Waals surface area contributed by atoms with Gasteiger partial charge in [-0.2, -0.15) is 0 Å². The number of nitrogens with zero attached hydrogens (tertiary/aromatic N) is 2. The van der Waals surface area contributed by atoms with E-state index in [1.807, 2.05) is 25.3 Å². The first-order valence-electron chi connectivity index (χ1n) is 9.51. The largest absolute Gasteiger partial charge is 0.357 e. The minimum absolute atomic E-state index is 0. The monoisotopic (exact) mass is 549 g/mol. The molecule has 160 valence electrons. The number of hydrogen-bond acceptors (Lipinski definition) is 5. The lowest BCUT2D eigenvalue weighted by Gasteiger charge is -2.11. The number of rotatable bonds is 9. The first kappa shape index (κ1) is 24.0. The molecule has 0 spiro atoms. The summed E-state index contributed by atoms with van der Waals surface area (Å²) in [5.74, 6) is 0.739. The second kappa shape index (κ2) is 11.2. The van der Waals surface area contributed by atoms with Gasteiger partial charge in [0.25, 0.3) is 0 Å². The summed E-state index contributed by atoms with van der Waals surface area (Å²) in [5.41, 5.74) is 0.957. The molecule has 0 unspecified atom stereocenters. The number of aryl methyl sites for hydroxylation is 1. The summed E-state index contributed by atoms with van der Waals surface area (Å²) < 4.78 is 27.1. The zero-order chi connectivity index (χ0) is 20.0. The third-order valence-corrected chi connectivity index (χ3v) is 6.71. The minimum atomic E-state index is -3.41. The van der Waals surface area contributed by atoms with Crippen molar-refractivity contribution in [1.29, 1.82) is 0 Å². The van der Waals surface area contributed by atoms with Crippen LogP contribution in [0.5, 0.6) is 0 Å². The molecular weight excluding hydrogens is 521 g/mol. The van der Waals surface area contributed by atoms with Crippen LogP contribution in [-0.2, 0) is 23.0 Å². The van der Waals surface area contributed by atoms with E-state index in [4.69, 9.17) is 0 Å². The molecule has 0 atom stereocenters. The van der Waals surface area contributed by atoms with Crippen LogP contribution in [0.4, 0.5) is 0 Å². The molecule has 29 heavy (non-hydrogen) atoms. The summed E-state index contributed by atoms with van der Waals surface area (Å²) in [6.07, 6.45) is 4.59. The van der Waals surface area contributed by atoms with Crippen molar-refractivity contribution in [2.45, 2.75) is 50.6 Å². The molecule has 0 amide bonds. The lowest BCUT2D eigenvalue weighted by molar-refractivity contribution is 0.581. The number of sulfonamides is 1. The highest BCUT2D eigenvalue weighted by atomic mass is 127. The molecule has 0 bridgehead atoms. The molecule has 1 aromatic carbocycles. The van der Waals surface area contributed by atoms with Crippen molar-refractivity contribution in [2.24, 2.45) is 4.99 Å². The normalized spacial score (nSPS) is 14.3. The number of nitrogens with one attached hydrogen (secondary N) is 3. The smallest absolute Gasteiger partial charge is 0.240 e. The van der Waals surface area contributed by atoms with E-state index in [2.05, 4.69) is 32.3 Å². The van der Waals surface area contributed by atoms with Crippen molar-refractivity contribution < 1.29 is 8.42 Å². The zero-order valence-electron chi connectivity index (χ0n) is 16.6. The van der Waals surface area contributed by atoms with Crippen molar-refractivity contribution in [1.82, 2.24) is 20.3 Å². The molecule has 0 aliphatic heterocycles. The molecule has 1 heterocycles. The van der Waals surface area contributed by atoms with E-state index in [-0.39, 0.29) is 30.0 Å². The predicted octanol–water partition coefficient (Wildman–Crippen LogP) is 2.81. The standard InChI is InChI=1S/C19H27N5O2S2.HI/c1-3-20-19(21-11-10-18-22-12-14(2)27-18)23-13-15-4-8-17(9-5-15)28(25,26)24-16-6-7-16;/h4-5,8-9,12,16,24H,3,6-7,10-11,13H2,1-2H3,(H2,20,21,23);1H. The van der Waals surface area contributed by atoms with E-state index in [1.165, 1.54) is 4.88 Å². The van der Waals surface area contributed by atoms with Gasteiger partial charge in [-0.15, -0.1) is 35.3 Å². The molecule has 3 rings (SSSR count). The quantitative estimate of drug-likeness (QED) is 0.254. The van der Waals surface area contributed by atoms with Gasteiger partial charge in [0.1, 0.15) is 0 Å². The van der Waals surface area contributed by atoms with E-state index < -0.39 is 10.0 Å². The second-order valence-electron chi connectivity index (χ2n) is 6.78. The molecule has 1 fully saturated rings. The zero-order valence-corrected chi connectivity index (χ0v) is 20.6. The van der Waals surface area contributed by atoms with Crippen LogP contribution in [0.25, 0.3) is 0 Å². The van der Waals surface area contributed by atoms with E-state index >= 15 is 0 Å². The molecule has 1 aliphatic rings. The number of aromatic nitrogens is 1. The summed E-state index contributed by atoms with van der Waals surface area (Å²) in [6.45, 7) is 6.07. The number of aliphatic imine (C=N–C) groups is 1. The molecule has 7 nitrogen and oxygen atoms in total. The maximum Gasteiger partial charge on any atom is 0.240 e. The van der Waals surface area contributed by atoms with Crippen molar-refractivity contribution >= 4 is 51.3 Å². The first-order valence-corrected chi connectivity index (χ1v) is 11.8. The molecule has 10 heteroatoms. The summed E-state index contributed by atoms with van der Waals surface area (Å²) in [4.78, 5) is 10.5. The van der Waals surface area contributed by atoms with Gasteiger partial charge in [0, 0.05) is 36.6 Å². The fourth-order valence-electron chi connectivity index (χ4n) is 2.58. The molecule has 0 saturated heterocycles. The Bertz CT molecular complexity index is 909. The SMILES string of the molecule is CCNC(=NCc1ccc(S(=O)(=O)NC2CC2)cc1)NCCc1ncc(C)s1.I. The van der Waals surface area contributed by atoms with Gasteiger partial charge in [-0.05, 0) is 44.4 Å². The fraction of sp³-hybridized carbons (Fsp3) is 0.474. The van der Waals surface area contributed by atoms with Crippen LogP contribution < -0.4 is 15.4 Å². The highest BCUT2D eigenvalue weighted by Gasteiger charge is 2.27. The Hall–Kier alpha value is -1.24. The summed E-state index contributed by atoms with van der Waals surface area (Å²) >= 11 is 1.71. The van der Waals surface area contributed by atoms with Crippen molar-refractivity contribution in [3.8, 4) is 0 Å². The molecule has 1 aromatic heterocycles. The van der Waals surface area contributed by atoms with Gasteiger partial charge in [0.05, 0.1) is 16.4 Å².